The summed E-state index contributed by atoms with van der Waals surface area (Å²) in [6.45, 7) is 1.35. The third-order valence-electron chi connectivity index (χ3n) is 2.20. The van der Waals surface area contributed by atoms with Gasteiger partial charge in [0, 0.05) is 0 Å². The maximum absolute atomic E-state index is 11.0. The van der Waals surface area contributed by atoms with Crippen molar-refractivity contribution >= 4 is 11.8 Å². The number of esters is 1. The molecular formula is C14H16O4. The van der Waals surface area contributed by atoms with Crippen molar-refractivity contribution in [3.8, 4) is 5.75 Å². The molecular weight excluding hydrogens is 232 g/mol. The Balaban J connectivity index is 2.35. The smallest absolute Gasteiger partial charge is 0.318 e. The van der Waals surface area contributed by atoms with Crippen LogP contribution >= 0.6 is 0 Å². The number of carbonyl (C=O) groups is 2. The molecule has 0 aliphatic carbocycles. The maximum atomic E-state index is 11.0. The Labute approximate surface area is 106 Å². The second-order valence-electron chi connectivity index (χ2n) is 3.79. The lowest BCUT2D eigenvalue weighted by molar-refractivity contribution is -0.140. The van der Waals surface area contributed by atoms with Crippen LogP contribution in [-0.4, -0.2) is 18.9 Å². The van der Waals surface area contributed by atoms with Crippen molar-refractivity contribution in [2.75, 3.05) is 7.11 Å². The zero-order chi connectivity index (χ0) is 13.4. The van der Waals surface area contributed by atoms with E-state index in [0.29, 0.717) is 6.42 Å². The van der Waals surface area contributed by atoms with Crippen LogP contribution in [0.15, 0.2) is 36.6 Å². The molecule has 0 spiro atoms. The monoisotopic (exact) mass is 248 g/mol. The van der Waals surface area contributed by atoms with Gasteiger partial charge < -0.3 is 9.47 Å². The molecule has 0 amide bonds. The fraction of sp³-hybridized carbons (Fsp3) is 0.286. The van der Waals surface area contributed by atoms with Gasteiger partial charge in [0.25, 0.3) is 0 Å². The molecule has 0 aliphatic heterocycles. The Morgan fingerprint density at radius 3 is 2.44 bits per heavy atom. The van der Waals surface area contributed by atoms with E-state index in [0.717, 1.165) is 11.3 Å². The van der Waals surface area contributed by atoms with Crippen molar-refractivity contribution in [3.63, 3.8) is 0 Å². The number of benzene rings is 1. The number of rotatable bonds is 6. The van der Waals surface area contributed by atoms with E-state index in [4.69, 9.17) is 9.47 Å². The SMILES string of the molecule is COc1ccc(CC=COC(=O)CC(C)=O)cc1. The van der Waals surface area contributed by atoms with Crippen molar-refractivity contribution < 1.29 is 19.1 Å². The number of ether oxygens (including phenoxy) is 2. The second-order valence-corrected chi connectivity index (χ2v) is 3.79. The first-order valence-electron chi connectivity index (χ1n) is 5.58. The lowest BCUT2D eigenvalue weighted by atomic mass is 10.1. The summed E-state index contributed by atoms with van der Waals surface area (Å²) in [6.07, 6.45) is 3.50. The number of allylic oxidation sites excluding steroid dienone is 1. The molecule has 0 aliphatic rings. The van der Waals surface area contributed by atoms with Gasteiger partial charge in [-0.25, -0.2) is 0 Å². The Morgan fingerprint density at radius 2 is 1.89 bits per heavy atom. The van der Waals surface area contributed by atoms with Crippen molar-refractivity contribution in [1.82, 2.24) is 0 Å². The minimum Gasteiger partial charge on any atom is -0.497 e. The lowest BCUT2D eigenvalue weighted by Crippen LogP contribution is -2.05. The molecule has 0 aromatic heterocycles. The highest BCUT2D eigenvalue weighted by Gasteiger charge is 2.03. The van der Waals surface area contributed by atoms with Crippen LogP contribution in [0.5, 0.6) is 5.75 Å². The number of hydrogen-bond donors (Lipinski definition) is 0. The zero-order valence-corrected chi connectivity index (χ0v) is 10.5. The molecule has 4 nitrogen and oxygen atoms in total. The van der Waals surface area contributed by atoms with Crippen molar-refractivity contribution in [3.05, 3.63) is 42.2 Å². The van der Waals surface area contributed by atoms with Gasteiger partial charge in [-0.3, -0.25) is 9.59 Å². The van der Waals surface area contributed by atoms with E-state index in [1.165, 1.54) is 13.2 Å². The average Bonchev–Trinajstić information content (AvgIpc) is 2.34. The summed E-state index contributed by atoms with van der Waals surface area (Å²) in [5.74, 6) is 0.0626. The summed E-state index contributed by atoms with van der Waals surface area (Å²) in [4.78, 5) is 21.7. The highest BCUT2D eigenvalue weighted by atomic mass is 16.5. The summed E-state index contributed by atoms with van der Waals surface area (Å²) in [5.41, 5.74) is 1.08. The summed E-state index contributed by atoms with van der Waals surface area (Å²) < 4.78 is 9.80. The number of carbonyl (C=O) groups excluding carboxylic acids is 2. The van der Waals surface area contributed by atoms with E-state index in [2.05, 4.69) is 0 Å². The van der Waals surface area contributed by atoms with E-state index < -0.39 is 5.97 Å². The molecule has 0 fully saturated rings. The topological polar surface area (TPSA) is 52.6 Å². The number of Topliss-reactive ketones (excluding diaryl/α,β-unsaturated/α-hetero) is 1. The lowest BCUT2D eigenvalue weighted by Gasteiger charge is -2.00. The molecule has 1 rings (SSSR count). The molecule has 0 saturated heterocycles. The van der Waals surface area contributed by atoms with E-state index in [1.54, 1.807) is 13.2 Å². The molecule has 1 aromatic rings. The molecule has 18 heavy (non-hydrogen) atoms. The predicted octanol–water partition coefficient (Wildman–Crippen LogP) is 2.27. The van der Waals surface area contributed by atoms with Gasteiger partial charge in [-0.15, -0.1) is 0 Å². The van der Waals surface area contributed by atoms with Crippen LogP contribution in [0.4, 0.5) is 0 Å². The Morgan fingerprint density at radius 1 is 1.22 bits per heavy atom. The third kappa shape index (κ3) is 5.30. The molecule has 0 unspecified atom stereocenters. The molecule has 0 atom stereocenters. The molecule has 0 heterocycles. The van der Waals surface area contributed by atoms with Crippen LogP contribution in [0.1, 0.15) is 18.9 Å². The van der Waals surface area contributed by atoms with E-state index in [9.17, 15) is 9.59 Å². The molecule has 4 heteroatoms. The van der Waals surface area contributed by atoms with Gasteiger partial charge in [0.1, 0.15) is 18.0 Å². The highest BCUT2D eigenvalue weighted by Crippen LogP contribution is 2.11. The maximum Gasteiger partial charge on any atom is 0.318 e. The van der Waals surface area contributed by atoms with Crippen LogP contribution in [0.25, 0.3) is 0 Å². The first-order chi connectivity index (χ1) is 8.61. The Kier molecular flexibility index (Phi) is 5.64. The predicted molar refractivity (Wildman–Crippen MR) is 67.2 cm³/mol. The first-order valence-corrected chi connectivity index (χ1v) is 5.58. The average molecular weight is 248 g/mol. The number of hydrogen-bond acceptors (Lipinski definition) is 4. The minimum absolute atomic E-state index is 0.188. The Hall–Kier alpha value is -2.10. The normalized spacial score (nSPS) is 10.3. The summed E-state index contributed by atoms with van der Waals surface area (Å²) in [5, 5.41) is 0. The van der Waals surface area contributed by atoms with E-state index in [1.807, 2.05) is 24.3 Å². The van der Waals surface area contributed by atoms with Gasteiger partial charge in [-0.1, -0.05) is 12.1 Å². The molecule has 0 saturated carbocycles. The fourth-order valence-electron chi connectivity index (χ4n) is 1.31. The van der Waals surface area contributed by atoms with Gasteiger partial charge in [0.05, 0.1) is 13.4 Å². The fourth-order valence-corrected chi connectivity index (χ4v) is 1.31. The number of ketones is 1. The van der Waals surface area contributed by atoms with Crippen LogP contribution < -0.4 is 4.74 Å². The highest BCUT2D eigenvalue weighted by molar-refractivity contribution is 5.94. The van der Waals surface area contributed by atoms with Gasteiger partial charge in [0.2, 0.25) is 0 Å². The standard InChI is InChI=1S/C14H16O4/c1-11(15)10-14(16)18-9-3-4-12-5-7-13(17-2)8-6-12/h3,5-9H,4,10H2,1-2H3. The summed E-state index contributed by atoms with van der Waals surface area (Å²) in [6, 6.07) is 7.59. The quantitative estimate of drug-likeness (QED) is 0.440. The Bertz CT molecular complexity index is 432. The zero-order valence-electron chi connectivity index (χ0n) is 10.5. The van der Waals surface area contributed by atoms with Gasteiger partial charge in [-0.2, -0.15) is 0 Å². The van der Waals surface area contributed by atoms with E-state index >= 15 is 0 Å². The van der Waals surface area contributed by atoms with Crippen molar-refractivity contribution in [2.24, 2.45) is 0 Å². The van der Waals surface area contributed by atoms with Gasteiger partial charge in [-0.05, 0) is 37.1 Å². The minimum atomic E-state index is -0.534. The van der Waals surface area contributed by atoms with Crippen LogP contribution in [0.2, 0.25) is 0 Å². The molecule has 0 radical (unpaired) electrons. The summed E-state index contributed by atoms with van der Waals surface area (Å²) in [7, 11) is 1.61. The van der Waals surface area contributed by atoms with Crippen molar-refractivity contribution in [1.29, 1.82) is 0 Å². The summed E-state index contributed by atoms with van der Waals surface area (Å²) >= 11 is 0. The van der Waals surface area contributed by atoms with E-state index in [-0.39, 0.29) is 12.2 Å². The van der Waals surface area contributed by atoms with Crippen LogP contribution in [0, 0.1) is 0 Å². The van der Waals surface area contributed by atoms with Gasteiger partial charge in [0.15, 0.2) is 0 Å². The molecule has 0 bridgehead atoms. The largest absolute Gasteiger partial charge is 0.497 e. The molecule has 0 N–H and O–H groups in total. The van der Waals surface area contributed by atoms with Gasteiger partial charge >= 0.3 is 5.97 Å². The third-order valence-corrected chi connectivity index (χ3v) is 2.20. The number of methoxy groups -OCH3 is 1. The first kappa shape index (κ1) is 14.0. The van der Waals surface area contributed by atoms with Crippen LogP contribution in [0.3, 0.4) is 0 Å². The van der Waals surface area contributed by atoms with Crippen LogP contribution in [-0.2, 0) is 20.7 Å². The second kappa shape index (κ2) is 7.27. The molecule has 1 aromatic carbocycles. The molecule has 96 valence electrons. The van der Waals surface area contributed by atoms with Crippen molar-refractivity contribution in [2.45, 2.75) is 19.8 Å².